The molecule has 1 N–H and O–H groups in total. The Hall–Kier alpha value is -0.850. The fourth-order valence-corrected chi connectivity index (χ4v) is 3.70. The van der Waals surface area contributed by atoms with Crippen LogP contribution >= 0.6 is 24.8 Å². The van der Waals surface area contributed by atoms with Crippen LogP contribution in [0.2, 0.25) is 0 Å². The van der Waals surface area contributed by atoms with Crippen LogP contribution in [0.5, 0.6) is 0 Å². The Balaban J connectivity index is 0.00000169. The number of benzene rings is 1. The van der Waals surface area contributed by atoms with E-state index in [1.165, 1.54) is 5.56 Å². The molecule has 1 atom stereocenters. The van der Waals surface area contributed by atoms with Crippen molar-refractivity contribution >= 4 is 30.7 Å². The van der Waals surface area contributed by atoms with E-state index < -0.39 is 0 Å². The largest absolute Gasteiger partial charge is 0.340 e. The third kappa shape index (κ3) is 6.71. The summed E-state index contributed by atoms with van der Waals surface area (Å²) in [5, 5.41) is 3.30. The number of carbonyl (C=O) groups excluding carboxylic acids is 1. The number of halogens is 2. The Kier molecular flexibility index (Phi) is 10.5. The molecular weight excluding hydrogens is 371 g/mol. The second kappa shape index (κ2) is 11.8. The molecule has 26 heavy (non-hydrogen) atoms. The smallest absolute Gasteiger partial charge is 0.223 e. The summed E-state index contributed by atoms with van der Waals surface area (Å²) in [7, 11) is 0. The van der Waals surface area contributed by atoms with E-state index in [1.807, 2.05) is 4.90 Å². The Labute approximate surface area is 169 Å². The fourth-order valence-electron chi connectivity index (χ4n) is 3.70. The summed E-state index contributed by atoms with van der Waals surface area (Å²) in [5.74, 6) is 0.315. The zero-order valence-electron chi connectivity index (χ0n) is 15.6. The highest BCUT2D eigenvalue weighted by atomic mass is 35.5. The number of nitrogens with one attached hydrogen (secondary N) is 1. The highest BCUT2D eigenvalue weighted by Crippen LogP contribution is 2.14. The van der Waals surface area contributed by atoms with Gasteiger partial charge in [0, 0.05) is 71.4 Å². The van der Waals surface area contributed by atoms with Crippen molar-refractivity contribution in [1.82, 2.24) is 20.0 Å². The molecule has 2 heterocycles. The van der Waals surface area contributed by atoms with E-state index in [1.54, 1.807) is 0 Å². The van der Waals surface area contributed by atoms with Gasteiger partial charge in [0.05, 0.1) is 0 Å². The maximum absolute atomic E-state index is 12.3. The normalized spacial score (nSPS) is 21.6. The summed E-state index contributed by atoms with van der Waals surface area (Å²) in [5.41, 5.74) is 1.38. The zero-order chi connectivity index (χ0) is 16.8. The Bertz CT molecular complexity index is 526. The summed E-state index contributed by atoms with van der Waals surface area (Å²) in [6, 6.07) is 11.2. The third-order valence-electron chi connectivity index (χ3n) is 5.18. The molecule has 0 bridgehead atoms. The molecule has 148 valence electrons. The van der Waals surface area contributed by atoms with Crippen molar-refractivity contribution < 1.29 is 4.79 Å². The molecule has 2 saturated heterocycles. The van der Waals surface area contributed by atoms with Crippen molar-refractivity contribution in [1.29, 1.82) is 0 Å². The molecule has 1 aromatic rings. The minimum Gasteiger partial charge on any atom is -0.340 e. The lowest BCUT2D eigenvalue weighted by Gasteiger charge is -2.40. The van der Waals surface area contributed by atoms with E-state index in [2.05, 4.69) is 52.4 Å². The Morgan fingerprint density at radius 2 is 1.77 bits per heavy atom. The lowest BCUT2D eigenvalue weighted by molar-refractivity contribution is -0.132. The van der Waals surface area contributed by atoms with Gasteiger partial charge in [-0.15, -0.1) is 24.8 Å². The first-order valence-corrected chi connectivity index (χ1v) is 9.21. The first-order valence-electron chi connectivity index (χ1n) is 9.21. The molecule has 2 fully saturated rings. The first kappa shape index (κ1) is 23.2. The van der Waals surface area contributed by atoms with Gasteiger partial charge in [0.25, 0.3) is 0 Å². The van der Waals surface area contributed by atoms with Crippen LogP contribution in [0, 0.1) is 0 Å². The van der Waals surface area contributed by atoms with E-state index in [-0.39, 0.29) is 24.8 Å². The Morgan fingerprint density at radius 1 is 1.08 bits per heavy atom. The minimum absolute atomic E-state index is 0. The van der Waals surface area contributed by atoms with Crippen molar-refractivity contribution in [3.8, 4) is 0 Å². The van der Waals surface area contributed by atoms with Gasteiger partial charge in [-0.1, -0.05) is 30.3 Å². The molecule has 0 spiro atoms. The van der Waals surface area contributed by atoms with Gasteiger partial charge in [0.15, 0.2) is 0 Å². The van der Waals surface area contributed by atoms with Gasteiger partial charge in [0.2, 0.25) is 5.91 Å². The maximum atomic E-state index is 12.3. The van der Waals surface area contributed by atoms with Gasteiger partial charge in [-0.05, 0) is 12.5 Å². The average Bonchev–Trinajstić information content (AvgIpc) is 2.62. The van der Waals surface area contributed by atoms with Crippen molar-refractivity contribution in [2.24, 2.45) is 0 Å². The van der Waals surface area contributed by atoms with Crippen LogP contribution in [-0.4, -0.2) is 79.0 Å². The summed E-state index contributed by atoms with van der Waals surface area (Å²) >= 11 is 0. The molecule has 0 unspecified atom stereocenters. The lowest BCUT2D eigenvalue weighted by atomic mass is 10.1. The minimum atomic E-state index is 0. The topological polar surface area (TPSA) is 38.8 Å². The predicted octanol–water partition coefficient (Wildman–Crippen LogP) is 1.86. The SMILES string of the molecule is C[C@@H]1CN(Cc2ccccc2)CCN1CCC(=O)N1CCNCC1.Cl.Cl. The number of piperazine rings is 2. The van der Waals surface area contributed by atoms with Crippen LogP contribution in [0.4, 0.5) is 0 Å². The highest BCUT2D eigenvalue weighted by molar-refractivity contribution is 5.85. The van der Waals surface area contributed by atoms with Crippen LogP contribution in [0.15, 0.2) is 30.3 Å². The van der Waals surface area contributed by atoms with Crippen molar-refractivity contribution in [2.45, 2.75) is 25.9 Å². The molecule has 3 rings (SSSR count). The van der Waals surface area contributed by atoms with Crippen LogP contribution < -0.4 is 5.32 Å². The highest BCUT2D eigenvalue weighted by Gasteiger charge is 2.25. The summed E-state index contributed by atoms with van der Waals surface area (Å²) < 4.78 is 0. The van der Waals surface area contributed by atoms with Crippen molar-refractivity contribution in [3.05, 3.63) is 35.9 Å². The van der Waals surface area contributed by atoms with Crippen molar-refractivity contribution in [2.75, 3.05) is 52.4 Å². The maximum Gasteiger partial charge on any atom is 0.223 e. The van der Waals surface area contributed by atoms with Crippen molar-refractivity contribution in [3.63, 3.8) is 0 Å². The molecule has 7 heteroatoms. The quantitative estimate of drug-likeness (QED) is 0.815. The number of hydrogen-bond donors (Lipinski definition) is 1. The standard InChI is InChI=1S/C19H30N4O.2ClH/c1-17-15-21(16-18-5-3-2-4-6-18)13-14-22(17)10-7-19(24)23-11-8-20-9-12-23;;/h2-6,17,20H,7-16H2,1H3;2*1H/t17-;;/m1../s1. The summed E-state index contributed by atoms with van der Waals surface area (Å²) in [6.07, 6.45) is 0.656. The van der Waals surface area contributed by atoms with Crippen LogP contribution in [-0.2, 0) is 11.3 Å². The van der Waals surface area contributed by atoms with Gasteiger partial charge < -0.3 is 10.2 Å². The van der Waals surface area contributed by atoms with E-state index in [9.17, 15) is 4.79 Å². The monoisotopic (exact) mass is 402 g/mol. The van der Waals surface area contributed by atoms with Gasteiger partial charge in [0.1, 0.15) is 0 Å². The molecule has 0 aliphatic carbocycles. The number of hydrogen-bond acceptors (Lipinski definition) is 4. The van der Waals surface area contributed by atoms with Gasteiger partial charge in [-0.2, -0.15) is 0 Å². The molecule has 0 saturated carbocycles. The zero-order valence-corrected chi connectivity index (χ0v) is 17.2. The summed E-state index contributed by atoms with van der Waals surface area (Å²) in [6.45, 7) is 11.0. The van der Waals surface area contributed by atoms with E-state index in [4.69, 9.17) is 0 Å². The van der Waals surface area contributed by atoms with Crippen LogP contribution in [0.25, 0.3) is 0 Å². The van der Waals surface area contributed by atoms with Crippen LogP contribution in [0.1, 0.15) is 18.9 Å². The second-order valence-corrected chi connectivity index (χ2v) is 6.99. The molecule has 2 aliphatic rings. The average molecular weight is 403 g/mol. The predicted molar refractivity (Wildman–Crippen MR) is 111 cm³/mol. The Morgan fingerprint density at radius 3 is 2.42 bits per heavy atom. The molecule has 1 amide bonds. The fraction of sp³-hybridized carbons (Fsp3) is 0.632. The molecule has 0 radical (unpaired) electrons. The first-order chi connectivity index (χ1) is 11.7. The third-order valence-corrected chi connectivity index (χ3v) is 5.18. The molecule has 2 aliphatic heterocycles. The van der Waals surface area contributed by atoms with Crippen LogP contribution in [0.3, 0.4) is 0 Å². The molecule has 1 aromatic carbocycles. The van der Waals surface area contributed by atoms with E-state index in [0.29, 0.717) is 18.4 Å². The number of carbonyl (C=O) groups is 1. The molecule has 0 aromatic heterocycles. The van der Waals surface area contributed by atoms with E-state index in [0.717, 1.165) is 58.9 Å². The lowest BCUT2D eigenvalue weighted by Crippen LogP contribution is -2.52. The number of nitrogens with zero attached hydrogens (tertiary/aromatic N) is 3. The van der Waals surface area contributed by atoms with E-state index >= 15 is 0 Å². The van der Waals surface area contributed by atoms with Gasteiger partial charge >= 0.3 is 0 Å². The van der Waals surface area contributed by atoms with Gasteiger partial charge in [-0.25, -0.2) is 0 Å². The molecule has 5 nitrogen and oxygen atoms in total. The van der Waals surface area contributed by atoms with Gasteiger partial charge in [-0.3, -0.25) is 14.6 Å². The molecular formula is C19H32Cl2N4O. The summed E-state index contributed by atoms with van der Waals surface area (Å²) in [4.78, 5) is 19.3. The second-order valence-electron chi connectivity index (χ2n) is 6.99. The number of rotatable bonds is 5. The number of amides is 1.